The fraction of sp³-hybridized carbons (Fsp3) is 0. The van der Waals surface area contributed by atoms with Crippen LogP contribution < -0.4 is 5.56 Å². The summed E-state index contributed by atoms with van der Waals surface area (Å²) < 4.78 is 12.5. The minimum atomic E-state index is -0.660. The molecule has 0 unspecified atom stereocenters. The number of carbonyl (C=O) groups is 1. The summed E-state index contributed by atoms with van der Waals surface area (Å²) in [6.45, 7) is 0. The first kappa shape index (κ1) is 8.13. The summed E-state index contributed by atoms with van der Waals surface area (Å²) in [6, 6.07) is 0.871. The van der Waals surface area contributed by atoms with E-state index in [2.05, 4.69) is 20.9 Å². The van der Waals surface area contributed by atoms with Gasteiger partial charge in [-0.3, -0.25) is 9.59 Å². The largest absolute Gasteiger partial charge is 0.314 e. The molecule has 0 bridgehead atoms. The standard InChI is InChI=1S/C6H3BrFNO2/c7-5-4(8)1-3(2-10)6(11)9-5/h1-2H,(H,9,11). The summed E-state index contributed by atoms with van der Waals surface area (Å²) in [5.74, 6) is -0.660. The van der Waals surface area contributed by atoms with Crippen molar-refractivity contribution in [1.82, 2.24) is 4.98 Å². The maximum absolute atomic E-state index is 12.6. The second-order valence-corrected chi connectivity index (χ2v) is 2.63. The van der Waals surface area contributed by atoms with E-state index >= 15 is 0 Å². The molecule has 0 atom stereocenters. The van der Waals surface area contributed by atoms with Gasteiger partial charge in [0.15, 0.2) is 12.1 Å². The van der Waals surface area contributed by atoms with Crippen LogP contribution in [0.3, 0.4) is 0 Å². The van der Waals surface area contributed by atoms with Crippen LogP contribution in [0.15, 0.2) is 15.5 Å². The van der Waals surface area contributed by atoms with Gasteiger partial charge < -0.3 is 4.98 Å². The molecule has 1 aromatic heterocycles. The van der Waals surface area contributed by atoms with Gasteiger partial charge in [0, 0.05) is 0 Å². The molecule has 0 radical (unpaired) electrons. The van der Waals surface area contributed by atoms with Crippen molar-refractivity contribution in [3.05, 3.63) is 32.4 Å². The van der Waals surface area contributed by atoms with E-state index in [-0.39, 0.29) is 10.2 Å². The van der Waals surface area contributed by atoms with E-state index in [4.69, 9.17) is 0 Å². The number of aldehydes is 1. The number of carbonyl (C=O) groups excluding carboxylic acids is 1. The fourth-order valence-corrected chi connectivity index (χ4v) is 0.879. The predicted octanol–water partition coefficient (Wildman–Crippen LogP) is 1.09. The van der Waals surface area contributed by atoms with Gasteiger partial charge in [-0.05, 0) is 22.0 Å². The number of halogens is 2. The van der Waals surface area contributed by atoms with Gasteiger partial charge in [-0.25, -0.2) is 4.39 Å². The summed E-state index contributed by atoms with van der Waals surface area (Å²) in [4.78, 5) is 22.9. The fourth-order valence-electron chi connectivity index (χ4n) is 0.585. The van der Waals surface area contributed by atoms with Crippen LogP contribution in [0.25, 0.3) is 0 Å². The van der Waals surface area contributed by atoms with Crippen LogP contribution in [0.5, 0.6) is 0 Å². The third-order valence-corrected chi connectivity index (χ3v) is 1.68. The summed E-state index contributed by atoms with van der Waals surface area (Å²) in [5.41, 5.74) is -0.820. The van der Waals surface area contributed by atoms with Gasteiger partial charge in [-0.2, -0.15) is 0 Å². The molecule has 0 aliphatic heterocycles. The van der Waals surface area contributed by atoms with E-state index in [1.807, 2.05) is 0 Å². The molecule has 0 saturated heterocycles. The van der Waals surface area contributed by atoms with Crippen molar-refractivity contribution < 1.29 is 9.18 Å². The molecule has 58 valence electrons. The Morgan fingerprint density at radius 3 is 2.82 bits per heavy atom. The van der Waals surface area contributed by atoms with E-state index in [0.717, 1.165) is 6.07 Å². The van der Waals surface area contributed by atoms with Gasteiger partial charge >= 0.3 is 0 Å². The van der Waals surface area contributed by atoms with Crippen molar-refractivity contribution in [3.8, 4) is 0 Å². The lowest BCUT2D eigenvalue weighted by Gasteiger charge is -1.93. The summed E-state index contributed by atoms with van der Waals surface area (Å²) in [5, 5.41) is 0. The van der Waals surface area contributed by atoms with Crippen LogP contribution >= 0.6 is 15.9 Å². The van der Waals surface area contributed by atoms with Crippen LogP contribution in [0.1, 0.15) is 10.4 Å². The molecule has 0 saturated carbocycles. The average Bonchev–Trinajstić information content (AvgIpc) is 1.97. The van der Waals surface area contributed by atoms with Gasteiger partial charge in [0.1, 0.15) is 4.60 Å². The quantitative estimate of drug-likeness (QED) is 0.568. The topological polar surface area (TPSA) is 49.9 Å². The molecule has 0 spiro atoms. The minimum Gasteiger partial charge on any atom is -0.314 e. The Kier molecular flexibility index (Phi) is 2.19. The Morgan fingerprint density at radius 1 is 1.64 bits per heavy atom. The van der Waals surface area contributed by atoms with E-state index in [0.29, 0.717) is 6.29 Å². The molecular weight excluding hydrogens is 217 g/mol. The van der Waals surface area contributed by atoms with Crippen LogP contribution in [0.4, 0.5) is 4.39 Å². The van der Waals surface area contributed by atoms with E-state index < -0.39 is 11.4 Å². The first-order valence-electron chi connectivity index (χ1n) is 2.68. The molecule has 5 heteroatoms. The number of aromatic amines is 1. The highest BCUT2D eigenvalue weighted by Gasteiger charge is 2.03. The monoisotopic (exact) mass is 219 g/mol. The van der Waals surface area contributed by atoms with E-state index in [1.165, 1.54) is 0 Å². The molecule has 0 aromatic carbocycles. The van der Waals surface area contributed by atoms with Crippen molar-refractivity contribution in [2.24, 2.45) is 0 Å². The van der Waals surface area contributed by atoms with Crippen molar-refractivity contribution in [3.63, 3.8) is 0 Å². The lowest BCUT2D eigenvalue weighted by Crippen LogP contribution is -2.12. The number of H-pyrrole nitrogens is 1. The zero-order valence-electron chi connectivity index (χ0n) is 5.23. The molecule has 0 aliphatic carbocycles. The molecule has 1 rings (SSSR count). The second-order valence-electron chi connectivity index (χ2n) is 1.83. The first-order chi connectivity index (χ1) is 5.15. The third kappa shape index (κ3) is 1.54. The zero-order chi connectivity index (χ0) is 8.43. The Morgan fingerprint density at radius 2 is 2.27 bits per heavy atom. The molecule has 1 N–H and O–H groups in total. The summed E-state index contributed by atoms with van der Waals surface area (Å²) >= 11 is 2.76. The zero-order valence-corrected chi connectivity index (χ0v) is 6.81. The maximum Gasteiger partial charge on any atom is 0.259 e. The van der Waals surface area contributed by atoms with E-state index in [9.17, 15) is 14.0 Å². The van der Waals surface area contributed by atoms with Gasteiger partial charge in [0.2, 0.25) is 0 Å². The Labute approximate surface area is 69.4 Å². The maximum atomic E-state index is 12.6. The number of rotatable bonds is 1. The highest BCUT2D eigenvalue weighted by atomic mass is 79.9. The lowest BCUT2D eigenvalue weighted by molar-refractivity contribution is 0.112. The minimum absolute atomic E-state index is 0.0481. The van der Waals surface area contributed by atoms with Crippen molar-refractivity contribution in [1.29, 1.82) is 0 Å². The molecule has 1 aromatic rings. The predicted molar refractivity (Wildman–Crippen MR) is 40.1 cm³/mol. The SMILES string of the molecule is O=Cc1cc(F)c(Br)[nH]c1=O. The van der Waals surface area contributed by atoms with Crippen molar-refractivity contribution in [2.75, 3.05) is 0 Å². The van der Waals surface area contributed by atoms with Crippen LogP contribution in [0.2, 0.25) is 0 Å². The highest BCUT2D eigenvalue weighted by molar-refractivity contribution is 9.10. The summed E-state index contributed by atoms with van der Waals surface area (Å²) in [6.07, 6.45) is 0.300. The lowest BCUT2D eigenvalue weighted by atomic mass is 10.3. The molecule has 0 aliphatic rings. The molecule has 3 nitrogen and oxygen atoms in total. The Bertz CT molecular complexity index is 347. The second kappa shape index (κ2) is 2.96. The number of aromatic nitrogens is 1. The summed E-state index contributed by atoms with van der Waals surface area (Å²) in [7, 11) is 0. The Hall–Kier alpha value is -0.970. The van der Waals surface area contributed by atoms with Crippen LogP contribution in [-0.2, 0) is 0 Å². The van der Waals surface area contributed by atoms with Crippen molar-refractivity contribution in [2.45, 2.75) is 0 Å². The molecular formula is C6H3BrFNO2. The van der Waals surface area contributed by atoms with Crippen LogP contribution in [0, 0.1) is 5.82 Å². The normalized spacial score (nSPS) is 9.64. The smallest absolute Gasteiger partial charge is 0.259 e. The third-order valence-electron chi connectivity index (χ3n) is 1.10. The molecule has 0 amide bonds. The number of pyridine rings is 1. The van der Waals surface area contributed by atoms with Crippen molar-refractivity contribution >= 4 is 22.2 Å². The molecule has 0 fully saturated rings. The molecule has 1 heterocycles. The number of hydrogen-bond acceptors (Lipinski definition) is 2. The van der Waals surface area contributed by atoms with Gasteiger partial charge in [0.25, 0.3) is 5.56 Å². The molecule has 11 heavy (non-hydrogen) atoms. The first-order valence-corrected chi connectivity index (χ1v) is 3.48. The van der Waals surface area contributed by atoms with Crippen LogP contribution in [-0.4, -0.2) is 11.3 Å². The van der Waals surface area contributed by atoms with Gasteiger partial charge in [-0.1, -0.05) is 0 Å². The van der Waals surface area contributed by atoms with Gasteiger partial charge in [0.05, 0.1) is 5.56 Å². The number of nitrogens with one attached hydrogen (secondary N) is 1. The van der Waals surface area contributed by atoms with Gasteiger partial charge in [-0.15, -0.1) is 0 Å². The van der Waals surface area contributed by atoms with E-state index in [1.54, 1.807) is 0 Å². The Balaban J connectivity index is 3.44. The average molecular weight is 220 g/mol. The highest BCUT2D eigenvalue weighted by Crippen LogP contribution is 2.08. The number of hydrogen-bond donors (Lipinski definition) is 1.